The van der Waals surface area contributed by atoms with Gasteiger partial charge in [0.2, 0.25) is 0 Å². The first kappa shape index (κ1) is 20.6. The second kappa shape index (κ2) is 10.4. The van der Waals surface area contributed by atoms with Crippen LogP contribution in [0, 0.1) is 0 Å². The van der Waals surface area contributed by atoms with Gasteiger partial charge in [-0.15, -0.1) is 0 Å². The number of ether oxygens (including phenoxy) is 2. The van der Waals surface area contributed by atoms with Gasteiger partial charge in [0, 0.05) is 0 Å². The summed E-state index contributed by atoms with van der Waals surface area (Å²) in [6.07, 6.45) is 0.0664. The second-order valence-electron chi connectivity index (χ2n) is 6.83. The molecule has 0 radical (unpaired) electrons. The number of aliphatic hydroxyl groups excluding tert-OH is 2. The monoisotopic (exact) mass is 358 g/mol. The molecule has 0 aromatic heterocycles. The molecule has 2 N–H and O–H groups in total. The molecule has 0 saturated heterocycles. The Morgan fingerprint density at radius 2 is 1.38 bits per heavy atom. The van der Waals surface area contributed by atoms with E-state index in [2.05, 4.69) is 6.07 Å². The lowest BCUT2D eigenvalue weighted by atomic mass is 10.0. The van der Waals surface area contributed by atoms with Gasteiger partial charge in [0.25, 0.3) is 0 Å². The van der Waals surface area contributed by atoms with Crippen LogP contribution in [0.2, 0.25) is 0 Å². The zero-order valence-electron chi connectivity index (χ0n) is 15.8. The number of rotatable bonds is 10. The van der Waals surface area contributed by atoms with Gasteiger partial charge in [-0.05, 0) is 43.9 Å². The first-order valence-electron chi connectivity index (χ1n) is 9.20. The Balaban J connectivity index is 2.02. The molecule has 2 aromatic rings. The lowest BCUT2D eigenvalue weighted by molar-refractivity contribution is -0.0327. The van der Waals surface area contributed by atoms with Gasteiger partial charge in [-0.3, -0.25) is 0 Å². The summed E-state index contributed by atoms with van der Waals surface area (Å²) in [7, 11) is 0. The molecule has 0 aliphatic rings. The van der Waals surface area contributed by atoms with Crippen molar-refractivity contribution in [2.75, 3.05) is 13.2 Å². The number of hydrogen-bond donors (Lipinski definition) is 2. The van der Waals surface area contributed by atoms with Crippen molar-refractivity contribution in [2.24, 2.45) is 0 Å². The van der Waals surface area contributed by atoms with Gasteiger partial charge >= 0.3 is 0 Å². The van der Waals surface area contributed by atoms with Crippen molar-refractivity contribution in [1.29, 1.82) is 0 Å². The molecule has 2 aromatic carbocycles. The minimum Gasteiger partial charge on any atom is -0.393 e. The van der Waals surface area contributed by atoms with Crippen molar-refractivity contribution in [1.82, 2.24) is 0 Å². The molecule has 0 fully saturated rings. The highest BCUT2D eigenvalue weighted by Crippen LogP contribution is 2.23. The van der Waals surface area contributed by atoms with Crippen LogP contribution in [0.5, 0.6) is 0 Å². The van der Waals surface area contributed by atoms with E-state index in [9.17, 15) is 10.2 Å². The van der Waals surface area contributed by atoms with E-state index in [4.69, 9.17) is 9.47 Å². The normalized spacial score (nSPS) is 15.0. The van der Waals surface area contributed by atoms with Gasteiger partial charge in [0.05, 0.1) is 25.4 Å². The maximum atomic E-state index is 9.66. The first-order chi connectivity index (χ1) is 12.5. The van der Waals surface area contributed by atoms with Crippen molar-refractivity contribution >= 4 is 0 Å². The van der Waals surface area contributed by atoms with Crippen LogP contribution in [-0.4, -0.2) is 35.6 Å². The fourth-order valence-electron chi connectivity index (χ4n) is 3.03. The van der Waals surface area contributed by atoms with Crippen LogP contribution >= 0.6 is 0 Å². The van der Waals surface area contributed by atoms with Gasteiger partial charge in [0.15, 0.2) is 0 Å². The smallest absolute Gasteiger partial charge is 0.106 e. The molecule has 0 spiro atoms. The maximum absolute atomic E-state index is 9.66. The molecule has 2 rings (SSSR count). The summed E-state index contributed by atoms with van der Waals surface area (Å²) >= 11 is 0. The molecule has 3 atom stereocenters. The molecule has 4 nitrogen and oxygen atoms in total. The highest BCUT2D eigenvalue weighted by molar-refractivity contribution is 5.26. The van der Waals surface area contributed by atoms with E-state index in [1.807, 2.05) is 69.3 Å². The molecule has 0 saturated carbocycles. The first-order valence-corrected chi connectivity index (χ1v) is 9.20. The molecule has 0 heterocycles. The van der Waals surface area contributed by atoms with Gasteiger partial charge < -0.3 is 19.7 Å². The highest BCUT2D eigenvalue weighted by Gasteiger charge is 2.17. The molecule has 0 bridgehead atoms. The number of benzene rings is 2. The standard InChI is InChI=1S/C22H30O4/c1-16(2)25-22(15-24)20-11-7-8-18(13-20)12-17(3)26-21(14-23)19-9-5-4-6-10-19/h4-11,13,16-17,21-24H,12,14-15H2,1-3H3/t17?,21-,22?/m1/s1. The van der Waals surface area contributed by atoms with E-state index in [1.54, 1.807) is 0 Å². The van der Waals surface area contributed by atoms with Crippen LogP contribution in [-0.2, 0) is 15.9 Å². The minimum absolute atomic E-state index is 0.0473. The predicted octanol–water partition coefficient (Wildman–Crippen LogP) is 3.83. The summed E-state index contributed by atoms with van der Waals surface area (Å²) in [5.74, 6) is 0. The van der Waals surface area contributed by atoms with Gasteiger partial charge in [-0.25, -0.2) is 0 Å². The fourth-order valence-corrected chi connectivity index (χ4v) is 3.03. The van der Waals surface area contributed by atoms with E-state index in [0.717, 1.165) is 23.1 Å². The Morgan fingerprint density at radius 1 is 0.769 bits per heavy atom. The minimum atomic E-state index is -0.330. The lowest BCUT2D eigenvalue weighted by Gasteiger charge is -2.22. The predicted molar refractivity (Wildman–Crippen MR) is 103 cm³/mol. The summed E-state index contributed by atoms with van der Waals surface area (Å²) in [6.45, 7) is 5.83. The van der Waals surface area contributed by atoms with Gasteiger partial charge in [-0.1, -0.05) is 54.6 Å². The molecule has 26 heavy (non-hydrogen) atoms. The zero-order chi connectivity index (χ0) is 18.9. The third kappa shape index (κ3) is 6.22. The average Bonchev–Trinajstić information content (AvgIpc) is 2.65. The molecule has 142 valence electrons. The summed E-state index contributed by atoms with van der Waals surface area (Å²) in [4.78, 5) is 0. The third-order valence-electron chi connectivity index (χ3n) is 4.18. The van der Waals surface area contributed by atoms with Crippen molar-refractivity contribution in [3.8, 4) is 0 Å². The maximum Gasteiger partial charge on any atom is 0.106 e. The van der Waals surface area contributed by atoms with E-state index in [0.29, 0.717) is 0 Å². The van der Waals surface area contributed by atoms with Crippen LogP contribution in [0.1, 0.15) is 49.7 Å². The van der Waals surface area contributed by atoms with E-state index < -0.39 is 0 Å². The van der Waals surface area contributed by atoms with E-state index in [-0.39, 0.29) is 37.6 Å². The average molecular weight is 358 g/mol. The van der Waals surface area contributed by atoms with Crippen molar-refractivity contribution in [3.05, 3.63) is 71.3 Å². The van der Waals surface area contributed by atoms with Gasteiger partial charge in [-0.2, -0.15) is 0 Å². The molecule has 0 amide bonds. The highest BCUT2D eigenvalue weighted by atomic mass is 16.5. The Morgan fingerprint density at radius 3 is 2.00 bits per heavy atom. The summed E-state index contributed by atoms with van der Waals surface area (Å²) < 4.78 is 11.8. The van der Waals surface area contributed by atoms with Crippen molar-refractivity contribution < 1.29 is 19.7 Å². The number of hydrogen-bond acceptors (Lipinski definition) is 4. The molecule has 2 unspecified atom stereocenters. The third-order valence-corrected chi connectivity index (χ3v) is 4.18. The molecular weight excluding hydrogens is 328 g/mol. The largest absolute Gasteiger partial charge is 0.393 e. The van der Waals surface area contributed by atoms with E-state index >= 15 is 0 Å². The SMILES string of the molecule is CC(C)OC(CO)c1cccc(CC(C)O[C@H](CO)c2ccccc2)c1. The van der Waals surface area contributed by atoms with Gasteiger partial charge in [0.1, 0.15) is 12.2 Å². The fraction of sp³-hybridized carbons (Fsp3) is 0.455. The Kier molecular flexibility index (Phi) is 8.26. The van der Waals surface area contributed by atoms with Crippen LogP contribution in [0.25, 0.3) is 0 Å². The Hall–Kier alpha value is -1.72. The Bertz CT molecular complexity index is 642. The zero-order valence-corrected chi connectivity index (χ0v) is 15.8. The summed E-state index contributed by atoms with van der Waals surface area (Å²) in [5, 5.41) is 19.3. The topological polar surface area (TPSA) is 58.9 Å². The van der Waals surface area contributed by atoms with Crippen molar-refractivity contribution in [3.63, 3.8) is 0 Å². The summed E-state index contributed by atoms with van der Waals surface area (Å²) in [6, 6.07) is 17.8. The van der Waals surface area contributed by atoms with Crippen LogP contribution in [0.3, 0.4) is 0 Å². The van der Waals surface area contributed by atoms with E-state index in [1.165, 1.54) is 0 Å². The van der Waals surface area contributed by atoms with Crippen LogP contribution in [0.15, 0.2) is 54.6 Å². The summed E-state index contributed by atoms with van der Waals surface area (Å²) in [5.41, 5.74) is 3.06. The lowest BCUT2D eigenvalue weighted by Crippen LogP contribution is -2.19. The molecule has 0 aliphatic carbocycles. The second-order valence-corrected chi connectivity index (χ2v) is 6.83. The van der Waals surface area contributed by atoms with Crippen LogP contribution in [0.4, 0.5) is 0 Å². The molecular formula is C22H30O4. The molecule has 4 heteroatoms. The number of aliphatic hydroxyl groups is 2. The quantitative estimate of drug-likeness (QED) is 0.678. The van der Waals surface area contributed by atoms with Crippen molar-refractivity contribution in [2.45, 2.75) is 51.6 Å². The Labute approximate surface area is 156 Å². The molecule has 0 aliphatic heterocycles. The van der Waals surface area contributed by atoms with Crippen LogP contribution < -0.4 is 0 Å².